The first-order valence-corrected chi connectivity index (χ1v) is 5.50. The van der Waals surface area contributed by atoms with E-state index >= 15 is 0 Å². The fourth-order valence-electron chi connectivity index (χ4n) is 2.32. The summed E-state index contributed by atoms with van der Waals surface area (Å²) in [5.41, 5.74) is 1.26. The molecule has 0 spiro atoms. The lowest BCUT2D eigenvalue weighted by molar-refractivity contribution is 0.0307. The Kier molecular flexibility index (Phi) is 2.22. The molecular weight excluding hydrogens is 186 g/mol. The number of hydrogen-bond acceptors (Lipinski definition) is 2. The molecule has 0 saturated carbocycles. The standard InChI is InChI=1S/C13H15NO/c1-2-4-11(5-3-1)10-15-13-9-14-7-6-12(13)8-14/h1-7,12-13H,8-10H2. The number of ether oxygens (including phenoxy) is 1. The van der Waals surface area contributed by atoms with Gasteiger partial charge in [-0.25, -0.2) is 0 Å². The van der Waals surface area contributed by atoms with Crippen LogP contribution in [0.15, 0.2) is 42.6 Å². The lowest BCUT2D eigenvalue weighted by atomic mass is 10.1. The third-order valence-corrected chi connectivity index (χ3v) is 3.19. The third-order valence-electron chi connectivity index (χ3n) is 3.19. The van der Waals surface area contributed by atoms with E-state index in [9.17, 15) is 0 Å². The maximum absolute atomic E-state index is 5.93. The maximum Gasteiger partial charge on any atom is 0.0834 e. The Hall–Kier alpha value is -1.28. The molecule has 0 N–H and O–H groups in total. The molecular formula is C13H15NO. The van der Waals surface area contributed by atoms with Gasteiger partial charge in [-0.1, -0.05) is 36.4 Å². The average molecular weight is 201 g/mol. The van der Waals surface area contributed by atoms with E-state index in [1.165, 1.54) is 5.56 Å². The van der Waals surface area contributed by atoms with Crippen molar-refractivity contribution in [2.24, 2.45) is 5.92 Å². The van der Waals surface area contributed by atoms with E-state index in [2.05, 4.69) is 41.4 Å². The first kappa shape index (κ1) is 8.98. The van der Waals surface area contributed by atoms with E-state index in [0.717, 1.165) is 19.7 Å². The van der Waals surface area contributed by atoms with Crippen molar-refractivity contribution < 1.29 is 4.74 Å². The number of hydrogen-bond donors (Lipinski definition) is 0. The Balaban J connectivity index is 1.57. The van der Waals surface area contributed by atoms with Gasteiger partial charge in [0, 0.05) is 19.0 Å². The van der Waals surface area contributed by atoms with Crippen LogP contribution in [0.5, 0.6) is 0 Å². The molecule has 2 nitrogen and oxygen atoms in total. The molecule has 2 atom stereocenters. The number of rotatable bonds is 3. The molecule has 1 saturated heterocycles. The van der Waals surface area contributed by atoms with E-state index in [0.29, 0.717) is 12.0 Å². The SMILES string of the molecule is C1=CN2CC1C(OCc1ccccc1)C2. The molecule has 0 aromatic heterocycles. The van der Waals surface area contributed by atoms with Gasteiger partial charge in [0.15, 0.2) is 0 Å². The molecule has 15 heavy (non-hydrogen) atoms. The Bertz CT molecular complexity index is 360. The van der Waals surface area contributed by atoms with Gasteiger partial charge in [-0.2, -0.15) is 0 Å². The Morgan fingerprint density at radius 2 is 2.07 bits per heavy atom. The summed E-state index contributed by atoms with van der Waals surface area (Å²) >= 11 is 0. The van der Waals surface area contributed by atoms with Crippen LogP contribution in [-0.2, 0) is 11.3 Å². The quantitative estimate of drug-likeness (QED) is 0.742. The highest BCUT2D eigenvalue weighted by atomic mass is 16.5. The van der Waals surface area contributed by atoms with Crippen molar-refractivity contribution in [2.75, 3.05) is 13.1 Å². The summed E-state index contributed by atoms with van der Waals surface area (Å²) in [6.07, 6.45) is 4.85. The van der Waals surface area contributed by atoms with Crippen molar-refractivity contribution in [1.82, 2.24) is 4.90 Å². The van der Waals surface area contributed by atoms with Gasteiger partial charge in [0.05, 0.1) is 12.7 Å². The molecule has 3 rings (SSSR count). The van der Waals surface area contributed by atoms with Gasteiger partial charge in [-0.15, -0.1) is 0 Å². The molecule has 2 aliphatic rings. The van der Waals surface area contributed by atoms with Crippen LogP contribution in [0.4, 0.5) is 0 Å². The van der Waals surface area contributed by atoms with E-state index in [4.69, 9.17) is 4.74 Å². The predicted octanol–water partition coefficient (Wildman–Crippen LogP) is 2.03. The molecule has 2 bridgehead atoms. The molecule has 1 aromatic carbocycles. The molecule has 0 aliphatic carbocycles. The van der Waals surface area contributed by atoms with Crippen molar-refractivity contribution in [3.8, 4) is 0 Å². The fraction of sp³-hybridized carbons (Fsp3) is 0.385. The van der Waals surface area contributed by atoms with Crippen molar-refractivity contribution >= 4 is 0 Å². The summed E-state index contributed by atoms with van der Waals surface area (Å²) in [5, 5.41) is 0. The summed E-state index contributed by atoms with van der Waals surface area (Å²) in [5.74, 6) is 0.619. The lowest BCUT2D eigenvalue weighted by Gasteiger charge is -2.18. The van der Waals surface area contributed by atoms with Gasteiger partial charge in [-0.3, -0.25) is 0 Å². The Labute approximate surface area is 90.2 Å². The lowest BCUT2D eigenvalue weighted by Crippen LogP contribution is -2.24. The summed E-state index contributed by atoms with van der Waals surface area (Å²) in [7, 11) is 0. The smallest absolute Gasteiger partial charge is 0.0834 e. The summed E-state index contributed by atoms with van der Waals surface area (Å²) in [4.78, 5) is 2.33. The van der Waals surface area contributed by atoms with Crippen LogP contribution in [0, 0.1) is 5.92 Å². The largest absolute Gasteiger partial charge is 0.374 e. The zero-order valence-corrected chi connectivity index (χ0v) is 8.67. The van der Waals surface area contributed by atoms with Gasteiger partial charge in [0.25, 0.3) is 0 Å². The summed E-state index contributed by atoms with van der Waals surface area (Å²) < 4.78 is 5.93. The first-order valence-electron chi connectivity index (χ1n) is 5.50. The van der Waals surface area contributed by atoms with Gasteiger partial charge >= 0.3 is 0 Å². The van der Waals surface area contributed by atoms with E-state index < -0.39 is 0 Å². The van der Waals surface area contributed by atoms with E-state index in [1.807, 2.05) is 6.07 Å². The monoisotopic (exact) mass is 201 g/mol. The average Bonchev–Trinajstić information content (AvgIpc) is 2.89. The molecule has 78 valence electrons. The highest BCUT2D eigenvalue weighted by Crippen LogP contribution is 2.27. The second-order valence-electron chi connectivity index (χ2n) is 4.29. The van der Waals surface area contributed by atoms with Crippen molar-refractivity contribution in [3.05, 3.63) is 48.2 Å². The molecule has 0 radical (unpaired) electrons. The predicted molar refractivity (Wildman–Crippen MR) is 59.2 cm³/mol. The second kappa shape index (κ2) is 3.70. The Morgan fingerprint density at radius 1 is 1.20 bits per heavy atom. The van der Waals surface area contributed by atoms with E-state index in [1.54, 1.807) is 0 Å². The zero-order valence-electron chi connectivity index (χ0n) is 8.67. The molecule has 2 heteroatoms. The van der Waals surface area contributed by atoms with E-state index in [-0.39, 0.29) is 0 Å². The minimum absolute atomic E-state index is 0.398. The number of nitrogens with zero attached hydrogens (tertiary/aromatic N) is 1. The molecule has 2 unspecified atom stereocenters. The minimum Gasteiger partial charge on any atom is -0.374 e. The van der Waals surface area contributed by atoms with Crippen LogP contribution in [-0.4, -0.2) is 24.1 Å². The number of fused-ring (bicyclic) bond motifs is 2. The molecule has 1 fully saturated rings. The van der Waals surface area contributed by atoms with Crippen molar-refractivity contribution in [1.29, 1.82) is 0 Å². The molecule has 1 aromatic rings. The van der Waals surface area contributed by atoms with Crippen LogP contribution in [0.1, 0.15) is 5.56 Å². The molecule has 2 heterocycles. The van der Waals surface area contributed by atoms with Gasteiger partial charge in [-0.05, 0) is 11.8 Å². The van der Waals surface area contributed by atoms with Gasteiger partial charge in [0.1, 0.15) is 0 Å². The first-order chi connectivity index (χ1) is 7.42. The normalized spacial score (nSPS) is 27.6. The van der Waals surface area contributed by atoms with Crippen LogP contribution in [0.25, 0.3) is 0 Å². The van der Waals surface area contributed by atoms with Crippen LogP contribution in [0.2, 0.25) is 0 Å². The van der Waals surface area contributed by atoms with Crippen molar-refractivity contribution in [2.45, 2.75) is 12.7 Å². The van der Waals surface area contributed by atoms with Crippen LogP contribution < -0.4 is 0 Å². The topological polar surface area (TPSA) is 12.5 Å². The number of benzene rings is 1. The van der Waals surface area contributed by atoms with Gasteiger partial charge in [0.2, 0.25) is 0 Å². The fourth-order valence-corrected chi connectivity index (χ4v) is 2.32. The van der Waals surface area contributed by atoms with Gasteiger partial charge < -0.3 is 9.64 Å². The highest BCUT2D eigenvalue weighted by Gasteiger charge is 2.34. The molecule has 0 amide bonds. The zero-order chi connectivity index (χ0) is 10.1. The minimum atomic E-state index is 0.398. The third kappa shape index (κ3) is 1.77. The maximum atomic E-state index is 5.93. The van der Waals surface area contributed by atoms with Crippen molar-refractivity contribution in [3.63, 3.8) is 0 Å². The van der Waals surface area contributed by atoms with Crippen LogP contribution >= 0.6 is 0 Å². The summed E-state index contributed by atoms with van der Waals surface area (Å²) in [6.45, 7) is 2.96. The molecule has 2 aliphatic heterocycles. The Morgan fingerprint density at radius 3 is 2.73 bits per heavy atom. The van der Waals surface area contributed by atoms with Crippen LogP contribution in [0.3, 0.4) is 0 Å². The second-order valence-corrected chi connectivity index (χ2v) is 4.29. The highest BCUT2D eigenvalue weighted by molar-refractivity contribution is 5.14. The summed E-state index contributed by atoms with van der Waals surface area (Å²) in [6, 6.07) is 10.4.